The van der Waals surface area contributed by atoms with Gasteiger partial charge in [-0.1, -0.05) is 18.2 Å². The van der Waals surface area contributed by atoms with Crippen LogP contribution in [-0.2, 0) is 14.4 Å². The average Bonchev–Trinajstić information content (AvgIpc) is 2.42. The summed E-state index contributed by atoms with van der Waals surface area (Å²) in [5.41, 5.74) is 4.99. The van der Waals surface area contributed by atoms with Crippen LogP contribution in [0.1, 0.15) is 5.56 Å². The summed E-state index contributed by atoms with van der Waals surface area (Å²) >= 11 is 0. The van der Waals surface area contributed by atoms with E-state index in [-0.39, 0.29) is 6.61 Å². The summed E-state index contributed by atoms with van der Waals surface area (Å²) in [6, 6.07) is 7.18. The number of para-hydroxylation sites is 1. The highest BCUT2D eigenvalue weighted by atomic mass is 16.5. The van der Waals surface area contributed by atoms with E-state index in [1.165, 1.54) is 0 Å². The summed E-state index contributed by atoms with van der Waals surface area (Å²) in [5, 5.41) is 8.30. The van der Waals surface area contributed by atoms with Crippen molar-refractivity contribution in [3.8, 4) is 5.75 Å². The van der Waals surface area contributed by atoms with Crippen LogP contribution in [0.2, 0.25) is 0 Å². The lowest BCUT2D eigenvalue weighted by atomic mass is 10.2. The molecule has 0 heterocycles. The number of hydrogen-bond acceptors (Lipinski definition) is 4. The Hall–Kier alpha value is -2.83. The van der Waals surface area contributed by atoms with E-state index in [1.54, 1.807) is 12.1 Å². The van der Waals surface area contributed by atoms with Gasteiger partial charge in [-0.25, -0.2) is 4.79 Å². The third-order valence-corrected chi connectivity index (χ3v) is 2.15. The van der Waals surface area contributed by atoms with Crippen LogP contribution < -0.4 is 15.6 Å². The molecule has 0 aromatic heterocycles. The molecule has 0 saturated carbocycles. The molecule has 1 rings (SSSR count). The van der Waals surface area contributed by atoms with E-state index in [4.69, 9.17) is 9.84 Å². The normalized spacial score (nSPS) is 10.1. The minimum absolute atomic E-state index is 0.270. The maximum atomic E-state index is 11.4. The quantitative estimate of drug-likeness (QED) is 0.525. The maximum absolute atomic E-state index is 11.4. The van der Waals surface area contributed by atoms with E-state index in [9.17, 15) is 14.4 Å². The predicted molar refractivity (Wildman–Crippen MR) is 69.7 cm³/mol. The summed E-state index contributed by atoms with van der Waals surface area (Å²) in [4.78, 5) is 32.6. The Labute approximate surface area is 115 Å². The molecule has 1 aromatic carbocycles. The second-order valence-corrected chi connectivity index (χ2v) is 3.76. The standard InChI is InChI=1S/C13H14N2O5/c1-9-4-2-3-5-10(9)20-8-12(17)15-14-11(16)6-7-13(18)19/h2-7H,8H2,1H3,(H,14,16)(H,15,17)(H,18,19). The third-order valence-electron chi connectivity index (χ3n) is 2.15. The number of carbonyl (C=O) groups is 3. The number of amides is 2. The molecule has 106 valence electrons. The van der Waals surface area contributed by atoms with Crippen LogP contribution in [0.4, 0.5) is 0 Å². The summed E-state index contributed by atoms with van der Waals surface area (Å²) in [6.45, 7) is 1.57. The topological polar surface area (TPSA) is 105 Å². The smallest absolute Gasteiger partial charge is 0.328 e. The molecule has 3 N–H and O–H groups in total. The van der Waals surface area contributed by atoms with Gasteiger partial charge in [-0.15, -0.1) is 0 Å². The van der Waals surface area contributed by atoms with E-state index in [0.717, 1.165) is 11.6 Å². The highest BCUT2D eigenvalue weighted by Crippen LogP contribution is 2.15. The van der Waals surface area contributed by atoms with Crippen molar-refractivity contribution in [3.05, 3.63) is 42.0 Å². The number of aliphatic carboxylic acids is 1. The van der Waals surface area contributed by atoms with E-state index >= 15 is 0 Å². The number of aryl methyl sites for hydroxylation is 1. The fourth-order valence-corrected chi connectivity index (χ4v) is 1.22. The van der Waals surface area contributed by atoms with Crippen LogP contribution in [0.5, 0.6) is 5.75 Å². The Morgan fingerprint density at radius 3 is 2.55 bits per heavy atom. The van der Waals surface area contributed by atoms with Gasteiger partial charge in [0.1, 0.15) is 5.75 Å². The second-order valence-electron chi connectivity index (χ2n) is 3.76. The van der Waals surface area contributed by atoms with E-state index in [1.807, 2.05) is 24.5 Å². The highest BCUT2D eigenvalue weighted by Gasteiger charge is 2.05. The van der Waals surface area contributed by atoms with Crippen LogP contribution >= 0.6 is 0 Å². The van der Waals surface area contributed by atoms with Crippen LogP contribution in [0.25, 0.3) is 0 Å². The van der Waals surface area contributed by atoms with Crippen molar-refractivity contribution in [2.24, 2.45) is 0 Å². The minimum atomic E-state index is -1.26. The molecule has 7 nitrogen and oxygen atoms in total. The van der Waals surface area contributed by atoms with Gasteiger partial charge < -0.3 is 9.84 Å². The molecular formula is C13H14N2O5. The molecule has 0 aliphatic rings. The first kappa shape index (κ1) is 15.2. The fourth-order valence-electron chi connectivity index (χ4n) is 1.22. The van der Waals surface area contributed by atoms with Gasteiger partial charge in [-0.3, -0.25) is 20.4 Å². The first-order valence-electron chi connectivity index (χ1n) is 5.67. The number of hydrogen-bond donors (Lipinski definition) is 3. The summed E-state index contributed by atoms with van der Waals surface area (Å²) in [6.07, 6.45) is 1.44. The molecule has 0 radical (unpaired) electrons. The Kier molecular flexibility index (Phi) is 5.76. The number of carbonyl (C=O) groups excluding carboxylic acids is 2. The summed E-state index contributed by atoms with van der Waals surface area (Å²) in [5.74, 6) is -2.00. The molecule has 20 heavy (non-hydrogen) atoms. The average molecular weight is 278 g/mol. The molecule has 0 bridgehead atoms. The molecule has 0 saturated heterocycles. The predicted octanol–water partition coefficient (Wildman–Crippen LogP) is 0.162. The molecule has 0 aliphatic carbocycles. The molecule has 2 amide bonds. The second kappa shape index (κ2) is 7.57. The lowest BCUT2D eigenvalue weighted by molar-refractivity contribution is -0.131. The van der Waals surface area contributed by atoms with Gasteiger partial charge in [0.2, 0.25) is 0 Å². The molecule has 1 aromatic rings. The van der Waals surface area contributed by atoms with Crippen molar-refractivity contribution >= 4 is 17.8 Å². The zero-order valence-corrected chi connectivity index (χ0v) is 10.8. The maximum Gasteiger partial charge on any atom is 0.328 e. The lowest BCUT2D eigenvalue weighted by Crippen LogP contribution is -2.43. The van der Waals surface area contributed by atoms with Crippen molar-refractivity contribution in [1.29, 1.82) is 0 Å². The number of ether oxygens (including phenoxy) is 1. The van der Waals surface area contributed by atoms with Gasteiger partial charge >= 0.3 is 5.97 Å². The minimum Gasteiger partial charge on any atom is -0.483 e. The molecule has 0 fully saturated rings. The highest BCUT2D eigenvalue weighted by molar-refractivity contribution is 5.94. The van der Waals surface area contributed by atoms with Gasteiger partial charge in [0, 0.05) is 12.2 Å². The molecule has 0 aliphatic heterocycles. The van der Waals surface area contributed by atoms with Crippen molar-refractivity contribution in [3.63, 3.8) is 0 Å². The van der Waals surface area contributed by atoms with Crippen LogP contribution in [0, 0.1) is 6.92 Å². The Morgan fingerprint density at radius 2 is 1.90 bits per heavy atom. The van der Waals surface area contributed by atoms with Crippen molar-refractivity contribution in [2.75, 3.05) is 6.61 Å². The van der Waals surface area contributed by atoms with Gasteiger partial charge in [0.05, 0.1) is 0 Å². The molecule has 0 unspecified atom stereocenters. The molecular weight excluding hydrogens is 264 g/mol. The van der Waals surface area contributed by atoms with Gasteiger partial charge in [0.15, 0.2) is 6.61 Å². The van der Waals surface area contributed by atoms with Crippen LogP contribution in [0.3, 0.4) is 0 Å². The van der Waals surface area contributed by atoms with Crippen molar-refractivity contribution in [1.82, 2.24) is 10.9 Å². The lowest BCUT2D eigenvalue weighted by Gasteiger charge is -2.09. The van der Waals surface area contributed by atoms with E-state index < -0.39 is 17.8 Å². The van der Waals surface area contributed by atoms with Gasteiger partial charge in [-0.2, -0.15) is 0 Å². The number of carboxylic acids is 1. The van der Waals surface area contributed by atoms with Gasteiger partial charge in [-0.05, 0) is 18.6 Å². The first-order chi connectivity index (χ1) is 9.49. The molecule has 0 spiro atoms. The fraction of sp³-hybridized carbons (Fsp3) is 0.154. The number of rotatable bonds is 5. The summed E-state index contributed by atoms with van der Waals surface area (Å²) < 4.78 is 5.25. The molecule has 0 atom stereocenters. The largest absolute Gasteiger partial charge is 0.483 e. The van der Waals surface area contributed by atoms with Crippen LogP contribution in [-0.4, -0.2) is 29.5 Å². The first-order valence-corrected chi connectivity index (χ1v) is 5.67. The zero-order chi connectivity index (χ0) is 15.0. The Balaban J connectivity index is 2.33. The number of nitrogens with one attached hydrogen (secondary N) is 2. The Morgan fingerprint density at radius 1 is 1.20 bits per heavy atom. The van der Waals surface area contributed by atoms with E-state index in [2.05, 4.69) is 5.43 Å². The monoisotopic (exact) mass is 278 g/mol. The number of benzene rings is 1. The van der Waals surface area contributed by atoms with E-state index in [0.29, 0.717) is 11.8 Å². The summed E-state index contributed by atoms with van der Waals surface area (Å²) in [7, 11) is 0. The number of carboxylic acid groups (broad SMARTS) is 1. The Bertz CT molecular complexity index is 539. The van der Waals surface area contributed by atoms with Gasteiger partial charge in [0.25, 0.3) is 11.8 Å². The molecule has 7 heteroatoms. The van der Waals surface area contributed by atoms with Crippen molar-refractivity contribution in [2.45, 2.75) is 6.92 Å². The number of hydrazine groups is 1. The zero-order valence-electron chi connectivity index (χ0n) is 10.8. The SMILES string of the molecule is Cc1ccccc1OCC(=O)NNC(=O)C=CC(=O)O. The third kappa shape index (κ3) is 5.67. The van der Waals surface area contributed by atoms with Crippen LogP contribution in [0.15, 0.2) is 36.4 Å². The van der Waals surface area contributed by atoms with Crippen molar-refractivity contribution < 1.29 is 24.2 Å².